The van der Waals surface area contributed by atoms with Crippen LogP contribution in [0.15, 0.2) is 47.4 Å². The zero-order valence-corrected chi connectivity index (χ0v) is 16.1. The molecule has 0 amide bonds. The van der Waals surface area contributed by atoms with E-state index < -0.39 is 16.0 Å². The Bertz CT molecular complexity index is 959. The second-order valence-corrected chi connectivity index (χ2v) is 7.42. The van der Waals surface area contributed by atoms with Crippen LogP contribution in [-0.4, -0.2) is 38.9 Å². The molecule has 7 nitrogen and oxygen atoms in total. The van der Waals surface area contributed by atoms with Crippen LogP contribution in [-0.2, 0) is 10.0 Å². The summed E-state index contributed by atoms with van der Waals surface area (Å²) in [6, 6.07) is 11.9. The van der Waals surface area contributed by atoms with Gasteiger partial charge in [0.25, 0.3) is 0 Å². The van der Waals surface area contributed by atoms with Crippen LogP contribution < -0.4 is 9.47 Å². The standard InChI is InChI=1S/C19H20N2O5S/c1-4-21(5-2)27(23,24)16-9-7-15(8-10-16)19(22)26-17-11-6-14(13-20)12-18(17)25-3/h6-12H,4-5H2,1-3H3. The number of esters is 1. The van der Waals surface area contributed by atoms with Crippen molar-refractivity contribution in [2.45, 2.75) is 18.7 Å². The van der Waals surface area contributed by atoms with Crippen molar-refractivity contribution >= 4 is 16.0 Å². The molecule has 0 heterocycles. The molecular weight excluding hydrogens is 368 g/mol. The van der Waals surface area contributed by atoms with Crippen LogP contribution in [0.3, 0.4) is 0 Å². The van der Waals surface area contributed by atoms with Gasteiger partial charge in [-0.3, -0.25) is 0 Å². The Morgan fingerprint density at radius 3 is 2.22 bits per heavy atom. The number of rotatable bonds is 7. The molecule has 0 spiro atoms. The lowest BCUT2D eigenvalue weighted by Crippen LogP contribution is -2.30. The monoisotopic (exact) mass is 388 g/mol. The van der Waals surface area contributed by atoms with Gasteiger partial charge in [0, 0.05) is 19.2 Å². The third-order valence-electron chi connectivity index (χ3n) is 3.93. The number of hydrogen-bond acceptors (Lipinski definition) is 6. The molecule has 0 atom stereocenters. The van der Waals surface area contributed by atoms with Crippen LogP contribution in [0.1, 0.15) is 29.8 Å². The number of hydrogen-bond donors (Lipinski definition) is 0. The molecule has 0 aromatic heterocycles. The number of carbonyl (C=O) groups is 1. The van der Waals surface area contributed by atoms with Crippen LogP contribution >= 0.6 is 0 Å². The maximum atomic E-state index is 12.5. The molecule has 0 unspecified atom stereocenters. The molecule has 0 aliphatic rings. The number of methoxy groups -OCH3 is 1. The molecule has 0 N–H and O–H groups in total. The van der Waals surface area contributed by atoms with Crippen LogP contribution in [0, 0.1) is 11.3 Å². The lowest BCUT2D eigenvalue weighted by Gasteiger charge is -2.18. The predicted molar refractivity (Wildman–Crippen MR) is 99.2 cm³/mol. The van der Waals surface area contributed by atoms with E-state index in [9.17, 15) is 13.2 Å². The van der Waals surface area contributed by atoms with Gasteiger partial charge < -0.3 is 9.47 Å². The van der Waals surface area contributed by atoms with E-state index in [0.29, 0.717) is 18.7 Å². The maximum Gasteiger partial charge on any atom is 0.343 e. The molecule has 0 bridgehead atoms. The summed E-state index contributed by atoms with van der Waals surface area (Å²) in [5, 5.41) is 8.91. The first-order chi connectivity index (χ1) is 12.9. The van der Waals surface area contributed by atoms with Crippen LogP contribution in [0.25, 0.3) is 0 Å². The average molecular weight is 388 g/mol. The van der Waals surface area contributed by atoms with Gasteiger partial charge in [0.1, 0.15) is 0 Å². The van der Waals surface area contributed by atoms with Crippen molar-refractivity contribution in [2.75, 3.05) is 20.2 Å². The van der Waals surface area contributed by atoms with Crippen molar-refractivity contribution in [2.24, 2.45) is 0 Å². The van der Waals surface area contributed by atoms with Crippen LogP contribution in [0.2, 0.25) is 0 Å². The molecule has 27 heavy (non-hydrogen) atoms. The molecule has 0 fully saturated rings. The van der Waals surface area contributed by atoms with Gasteiger partial charge in [-0.25, -0.2) is 13.2 Å². The Labute approximate surface area is 158 Å². The summed E-state index contributed by atoms with van der Waals surface area (Å²) in [6.07, 6.45) is 0. The van der Waals surface area contributed by atoms with E-state index in [1.165, 1.54) is 53.9 Å². The highest BCUT2D eigenvalue weighted by Gasteiger charge is 2.22. The SMILES string of the molecule is CCN(CC)S(=O)(=O)c1ccc(C(=O)Oc2ccc(C#N)cc2OC)cc1. The smallest absolute Gasteiger partial charge is 0.343 e. The molecule has 0 saturated carbocycles. The van der Waals surface area contributed by atoms with Gasteiger partial charge in [0.05, 0.1) is 29.2 Å². The number of carbonyl (C=O) groups excluding carboxylic acids is 1. The first kappa shape index (κ1) is 20.4. The summed E-state index contributed by atoms with van der Waals surface area (Å²) in [7, 11) is -2.19. The van der Waals surface area contributed by atoms with Crippen molar-refractivity contribution in [3.63, 3.8) is 0 Å². The van der Waals surface area contributed by atoms with E-state index in [2.05, 4.69) is 0 Å². The van der Waals surface area contributed by atoms with Crippen LogP contribution in [0.4, 0.5) is 0 Å². The second-order valence-electron chi connectivity index (χ2n) is 5.48. The minimum Gasteiger partial charge on any atom is -0.493 e. The van der Waals surface area contributed by atoms with Gasteiger partial charge in [-0.2, -0.15) is 9.57 Å². The molecule has 2 aromatic rings. The van der Waals surface area contributed by atoms with Gasteiger partial charge in [-0.1, -0.05) is 13.8 Å². The van der Waals surface area contributed by atoms with E-state index in [0.717, 1.165) is 0 Å². The zero-order valence-electron chi connectivity index (χ0n) is 15.3. The van der Waals surface area contributed by atoms with Gasteiger partial charge in [0.2, 0.25) is 10.0 Å². The summed E-state index contributed by atoms with van der Waals surface area (Å²) in [4.78, 5) is 12.5. The number of nitriles is 1. The lowest BCUT2D eigenvalue weighted by atomic mass is 10.2. The first-order valence-corrected chi connectivity index (χ1v) is 9.71. The molecule has 142 valence electrons. The topological polar surface area (TPSA) is 96.7 Å². The van der Waals surface area contributed by atoms with Crippen molar-refractivity contribution in [3.05, 3.63) is 53.6 Å². The van der Waals surface area contributed by atoms with E-state index in [-0.39, 0.29) is 22.0 Å². The fourth-order valence-corrected chi connectivity index (χ4v) is 3.91. The molecular formula is C19H20N2O5S. The number of benzene rings is 2. The predicted octanol–water partition coefficient (Wildman–Crippen LogP) is 2.82. The fraction of sp³-hybridized carbons (Fsp3) is 0.263. The largest absolute Gasteiger partial charge is 0.493 e. The average Bonchev–Trinajstić information content (AvgIpc) is 2.69. The summed E-state index contributed by atoms with van der Waals surface area (Å²) in [6.45, 7) is 4.25. The summed E-state index contributed by atoms with van der Waals surface area (Å²) in [5.74, 6) is -0.241. The molecule has 0 aliphatic carbocycles. The summed E-state index contributed by atoms with van der Waals surface area (Å²) < 4.78 is 36.7. The van der Waals surface area contributed by atoms with Gasteiger partial charge >= 0.3 is 5.97 Å². The number of nitrogens with zero attached hydrogens (tertiary/aromatic N) is 2. The Balaban J connectivity index is 2.23. The summed E-state index contributed by atoms with van der Waals surface area (Å²) in [5.41, 5.74) is 0.567. The van der Waals surface area contributed by atoms with Crippen molar-refractivity contribution in [3.8, 4) is 17.6 Å². The highest BCUT2D eigenvalue weighted by Crippen LogP contribution is 2.28. The Kier molecular flexibility index (Phi) is 6.55. The molecule has 0 radical (unpaired) electrons. The van der Waals surface area contributed by atoms with Gasteiger partial charge in [0.15, 0.2) is 11.5 Å². The zero-order chi connectivity index (χ0) is 20.0. The molecule has 0 saturated heterocycles. The Hall–Kier alpha value is -2.89. The van der Waals surface area contributed by atoms with E-state index in [1.54, 1.807) is 13.8 Å². The molecule has 2 rings (SSSR count). The highest BCUT2D eigenvalue weighted by molar-refractivity contribution is 7.89. The highest BCUT2D eigenvalue weighted by atomic mass is 32.2. The number of sulfonamides is 1. The van der Waals surface area contributed by atoms with E-state index >= 15 is 0 Å². The molecule has 2 aromatic carbocycles. The third kappa shape index (κ3) is 4.45. The normalized spacial score (nSPS) is 11.1. The molecule has 0 aliphatic heterocycles. The van der Waals surface area contributed by atoms with Crippen LogP contribution in [0.5, 0.6) is 11.5 Å². The first-order valence-electron chi connectivity index (χ1n) is 8.27. The maximum absolute atomic E-state index is 12.5. The van der Waals surface area contributed by atoms with Crippen molar-refractivity contribution in [1.29, 1.82) is 5.26 Å². The quantitative estimate of drug-likeness (QED) is 0.534. The molecule has 8 heteroatoms. The minimum atomic E-state index is -3.59. The second kappa shape index (κ2) is 8.66. The van der Waals surface area contributed by atoms with E-state index in [1.807, 2.05) is 6.07 Å². The van der Waals surface area contributed by atoms with E-state index in [4.69, 9.17) is 14.7 Å². The number of ether oxygens (including phenoxy) is 2. The van der Waals surface area contributed by atoms with Gasteiger partial charge in [-0.05, 0) is 36.4 Å². The van der Waals surface area contributed by atoms with Gasteiger partial charge in [-0.15, -0.1) is 0 Å². The summed E-state index contributed by atoms with van der Waals surface area (Å²) >= 11 is 0. The van der Waals surface area contributed by atoms with Crippen molar-refractivity contribution < 1.29 is 22.7 Å². The van der Waals surface area contributed by atoms with Crippen molar-refractivity contribution in [1.82, 2.24) is 4.31 Å². The third-order valence-corrected chi connectivity index (χ3v) is 5.99. The Morgan fingerprint density at radius 2 is 1.70 bits per heavy atom. The minimum absolute atomic E-state index is 0.110. The lowest BCUT2D eigenvalue weighted by molar-refractivity contribution is 0.0729. The fourth-order valence-electron chi connectivity index (χ4n) is 2.46. The Morgan fingerprint density at radius 1 is 1.07 bits per heavy atom.